The van der Waals surface area contributed by atoms with E-state index < -0.39 is 17.5 Å². The van der Waals surface area contributed by atoms with Crippen molar-refractivity contribution in [2.24, 2.45) is 5.73 Å². The van der Waals surface area contributed by atoms with Crippen LogP contribution in [0.5, 0.6) is 0 Å². The van der Waals surface area contributed by atoms with Crippen LogP contribution in [0.2, 0.25) is 0 Å². The third-order valence-electron chi connectivity index (χ3n) is 2.35. The molecule has 0 aromatic heterocycles. The Bertz CT molecular complexity index is 311. The zero-order chi connectivity index (χ0) is 11.5. The van der Waals surface area contributed by atoms with E-state index in [0.717, 1.165) is 0 Å². The summed E-state index contributed by atoms with van der Waals surface area (Å²) in [5.41, 5.74) is 5.15. The number of hydrogen-bond donors (Lipinski definition) is 1. The fourth-order valence-electron chi connectivity index (χ4n) is 1.53. The average Bonchev–Trinajstić information content (AvgIpc) is 2.61. The van der Waals surface area contributed by atoms with Crippen molar-refractivity contribution in [1.82, 2.24) is 0 Å². The number of carbonyl (C=O) groups is 2. The van der Waals surface area contributed by atoms with Gasteiger partial charge in [0, 0.05) is 12.0 Å². The van der Waals surface area contributed by atoms with Gasteiger partial charge >= 0.3 is 11.9 Å². The highest BCUT2D eigenvalue weighted by Crippen LogP contribution is 2.28. The number of rotatable bonds is 3. The lowest BCUT2D eigenvalue weighted by Crippen LogP contribution is -2.46. The number of ether oxygens (including phenoxy) is 2. The molecule has 1 aliphatic carbocycles. The van der Waals surface area contributed by atoms with Gasteiger partial charge in [-0.15, -0.1) is 0 Å². The maximum absolute atomic E-state index is 11.3. The molecule has 0 saturated carbocycles. The van der Waals surface area contributed by atoms with Crippen LogP contribution in [-0.2, 0) is 19.1 Å². The minimum Gasteiger partial charge on any atom is -0.468 e. The van der Waals surface area contributed by atoms with Crippen molar-refractivity contribution >= 4 is 11.9 Å². The van der Waals surface area contributed by atoms with Crippen LogP contribution in [0.25, 0.3) is 0 Å². The molecule has 0 aromatic carbocycles. The lowest BCUT2D eigenvalue weighted by atomic mass is 9.97. The van der Waals surface area contributed by atoms with Gasteiger partial charge in [-0.2, -0.15) is 0 Å². The first-order valence-electron chi connectivity index (χ1n) is 4.77. The van der Waals surface area contributed by atoms with Gasteiger partial charge in [0.05, 0.1) is 13.7 Å². The van der Waals surface area contributed by atoms with E-state index in [1.807, 2.05) is 0 Å². The third-order valence-corrected chi connectivity index (χ3v) is 2.35. The molecular formula is C10H15NO4. The predicted molar refractivity (Wildman–Crippen MR) is 52.9 cm³/mol. The summed E-state index contributed by atoms with van der Waals surface area (Å²) in [4.78, 5) is 22.7. The van der Waals surface area contributed by atoms with Gasteiger partial charge < -0.3 is 15.2 Å². The van der Waals surface area contributed by atoms with Crippen LogP contribution < -0.4 is 5.73 Å². The van der Waals surface area contributed by atoms with Crippen molar-refractivity contribution in [1.29, 1.82) is 0 Å². The van der Waals surface area contributed by atoms with Crippen LogP contribution in [0.3, 0.4) is 0 Å². The van der Waals surface area contributed by atoms with Crippen molar-refractivity contribution in [3.63, 3.8) is 0 Å². The van der Waals surface area contributed by atoms with Crippen molar-refractivity contribution < 1.29 is 19.1 Å². The lowest BCUT2D eigenvalue weighted by Gasteiger charge is -2.20. The Morgan fingerprint density at radius 2 is 2.27 bits per heavy atom. The van der Waals surface area contributed by atoms with Crippen molar-refractivity contribution in [2.75, 3.05) is 13.7 Å². The van der Waals surface area contributed by atoms with Gasteiger partial charge in [0.2, 0.25) is 0 Å². The highest BCUT2D eigenvalue weighted by atomic mass is 16.5. The highest BCUT2D eigenvalue weighted by molar-refractivity contribution is 5.93. The minimum absolute atomic E-state index is 0.179. The molecule has 0 aromatic rings. The Hall–Kier alpha value is -1.36. The molecule has 1 atom stereocenters. The van der Waals surface area contributed by atoms with Gasteiger partial charge in [0.1, 0.15) is 5.54 Å². The smallest absolute Gasteiger partial charge is 0.333 e. The Kier molecular flexibility index (Phi) is 3.47. The SMILES string of the molecule is CCOC(=O)C1=CC[C@](N)(C(=O)OC)C1. The zero-order valence-electron chi connectivity index (χ0n) is 8.91. The first kappa shape index (κ1) is 11.7. The van der Waals surface area contributed by atoms with E-state index in [-0.39, 0.29) is 6.42 Å². The number of nitrogens with two attached hydrogens (primary N) is 1. The van der Waals surface area contributed by atoms with Crippen molar-refractivity contribution in [3.05, 3.63) is 11.6 Å². The third kappa shape index (κ3) is 2.36. The summed E-state index contributed by atoms with van der Waals surface area (Å²) in [6.07, 6.45) is 2.13. The van der Waals surface area contributed by atoms with E-state index >= 15 is 0 Å². The van der Waals surface area contributed by atoms with Gasteiger partial charge in [0.25, 0.3) is 0 Å². The maximum atomic E-state index is 11.3. The van der Waals surface area contributed by atoms with E-state index in [9.17, 15) is 9.59 Å². The molecular weight excluding hydrogens is 198 g/mol. The van der Waals surface area contributed by atoms with Gasteiger partial charge in [-0.3, -0.25) is 4.79 Å². The zero-order valence-corrected chi connectivity index (χ0v) is 8.91. The quantitative estimate of drug-likeness (QED) is 0.674. The summed E-state index contributed by atoms with van der Waals surface area (Å²) in [5, 5.41) is 0. The van der Waals surface area contributed by atoms with Gasteiger partial charge in [0.15, 0.2) is 0 Å². The largest absolute Gasteiger partial charge is 0.468 e. The van der Waals surface area contributed by atoms with E-state index in [0.29, 0.717) is 18.6 Å². The highest BCUT2D eigenvalue weighted by Gasteiger charge is 2.41. The molecule has 5 heteroatoms. The molecule has 15 heavy (non-hydrogen) atoms. The molecule has 0 radical (unpaired) electrons. The Balaban J connectivity index is 2.64. The molecule has 2 N–H and O–H groups in total. The summed E-state index contributed by atoms with van der Waals surface area (Å²) in [6, 6.07) is 0. The Labute approximate surface area is 88.2 Å². The monoisotopic (exact) mass is 213 g/mol. The van der Waals surface area contributed by atoms with Crippen LogP contribution in [0, 0.1) is 0 Å². The van der Waals surface area contributed by atoms with Crippen LogP contribution in [0.1, 0.15) is 19.8 Å². The summed E-state index contributed by atoms with van der Waals surface area (Å²) >= 11 is 0. The predicted octanol–water partition coefficient (Wildman–Crippen LogP) is 0.140. The number of methoxy groups -OCH3 is 1. The lowest BCUT2D eigenvalue weighted by molar-refractivity contribution is -0.146. The van der Waals surface area contributed by atoms with Crippen molar-refractivity contribution in [2.45, 2.75) is 25.3 Å². The second-order valence-corrected chi connectivity index (χ2v) is 3.48. The van der Waals surface area contributed by atoms with E-state index in [2.05, 4.69) is 4.74 Å². The van der Waals surface area contributed by atoms with E-state index in [4.69, 9.17) is 10.5 Å². The number of carbonyl (C=O) groups excluding carboxylic acids is 2. The summed E-state index contributed by atoms with van der Waals surface area (Å²) in [6.45, 7) is 2.04. The molecule has 84 valence electrons. The fourth-order valence-corrected chi connectivity index (χ4v) is 1.53. The normalized spacial score (nSPS) is 24.6. The van der Waals surface area contributed by atoms with Gasteiger partial charge in [-0.05, 0) is 13.3 Å². The molecule has 0 saturated heterocycles. The molecule has 5 nitrogen and oxygen atoms in total. The van der Waals surface area contributed by atoms with Gasteiger partial charge in [-0.25, -0.2) is 4.79 Å². The first-order valence-corrected chi connectivity index (χ1v) is 4.77. The molecule has 0 aliphatic heterocycles. The fraction of sp³-hybridized carbons (Fsp3) is 0.600. The van der Waals surface area contributed by atoms with Crippen LogP contribution in [0.15, 0.2) is 11.6 Å². The summed E-state index contributed by atoms with van der Waals surface area (Å²) in [7, 11) is 1.28. The summed E-state index contributed by atoms with van der Waals surface area (Å²) < 4.78 is 9.39. The Morgan fingerprint density at radius 1 is 1.60 bits per heavy atom. The number of hydrogen-bond acceptors (Lipinski definition) is 5. The van der Waals surface area contributed by atoms with Crippen molar-refractivity contribution in [3.8, 4) is 0 Å². The van der Waals surface area contributed by atoms with E-state index in [1.165, 1.54) is 7.11 Å². The van der Waals surface area contributed by atoms with Crippen LogP contribution in [0.4, 0.5) is 0 Å². The second-order valence-electron chi connectivity index (χ2n) is 3.48. The second kappa shape index (κ2) is 4.44. The minimum atomic E-state index is -1.10. The molecule has 1 aliphatic rings. The average molecular weight is 213 g/mol. The molecule has 0 heterocycles. The maximum Gasteiger partial charge on any atom is 0.333 e. The molecule has 0 spiro atoms. The molecule has 0 bridgehead atoms. The molecule has 1 rings (SSSR count). The Morgan fingerprint density at radius 3 is 2.80 bits per heavy atom. The molecule has 0 amide bonds. The standard InChI is InChI=1S/C10H15NO4/c1-3-15-8(12)7-4-5-10(11,6-7)9(13)14-2/h4H,3,5-6,11H2,1-2H3/t10-/m1/s1. The summed E-state index contributed by atoms with van der Waals surface area (Å²) in [5.74, 6) is -0.910. The first-order chi connectivity index (χ1) is 7.03. The van der Waals surface area contributed by atoms with Crippen LogP contribution in [-0.4, -0.2) is 31.2 Å². The topological polar surface area (TPSA) is 78.6 Å². The van der Waals surface area contributed by atoms with E-state index in [1.54, 1.807) is 13.0 Å². The number of esters is 2. The van der Waals surface area contributed by atoms with Crippen LogP contribution >= 0.6 is 0 Å². The molecule has 0 fully saturated rings. The molecule has 0 unspecified atom stereocenters. The van der Waals surface area contributed by atoms with Gasteiger partial charge in [-0.1, -0.05) is 6.08 Å².